The third kappa shape index (κ3) is 8.62. The zero-order valence-corrected chi connectivity index (χ0v) is 11.8. The average molecular weight is 241 g/mol. The fraction of sp³-hybridized carbons (Fsp3) is 1.00. The van der Waals surface area contributed by atoms with E-state index in [9.17, 15) is 0 Å². The van der Waals surface area contributed by atoms with Crippen molar-refractivity contribution in [2.24, 2.45) is 11.8 Å². The van der Waals surface area contributed by atoms with Crippen LogP contribution in [0.3, 0.4) is 0 Å². The number of nitrogens with one attached hydrogen (secondary N) is 1. The Kier molecular flexibility index (Phi) is 8.72. The molecule has 0 aromatic heterocycles. The van der Waals surface area contributed by atoms with E-state index in [0.29, 0.717) is 5.92 Å². The van der Waals surface area contributed by atoms with Crippen LogP contribution >= 0.6 is 0 Å². The maximum absolute atomic E-state index is 5.55. The Hall–Kier alpha value is -0.0800. The molecular weight excluding hydrogens is 210 g/mol. The van der Waals surface area contributed by atoms with Gasteiger partial charge < -0.3 is 10.1 Å². The molecule has 2 nitrogen and oxygen atoms in total. The van der Waals surface area contributed by atoms with Crippen LogP contribution in [-0.2, 0) is 4.74 Å². The second kappa shape index (κ2) is 9.90. The van der Waals surface area contributed by atoms with Gasteiger partial charge in [0.1, 0.15) is 0 Å². The van der Waals surface area contributed by atoms with Gasteiger partial charge in [-0.1, -0.05) is 46.0 Å². The first-order valence-corrected chi connectivity index (χ1v) is 7.57. The lowest BCUT2D eigenvalue weighted by atomic mass is 9.87. The molecule has 0 amide bonds. The Morgan fingerprint density at radius 3 is 2.59 bits per heavy atom. The van der Waals surface area contributed by atoms with E-state index >= 15 is 0 Å². The molecule has 0 aromatic rings. The smallest absolute Gasteiger partial charge is 0.0489 e. The number of ether oxygens (including phenoxy) is 1. The molecule has 1 N–H and O–H groups in total. The van der Waals surface area contributed by atoms with Gasteiger partial charge in [-0.05, 0) is 37.8 Å². The van der Waals surface area contributed by atoms with Crippen molar-refractivity contribution in [1.82, 2.24) is 5.32 Å². The fourth-order valence-corrected chi connectivity index (χ4v) is 2.53. The Balaban J connectivity index is 1.78. The molecule has 1 rings (SSSR count). The van der Waals surface area contributed by atoms with Crippen molar-refractivity contribution in [3.05, 3.63) is 0 Å². The molecule has 1 fully saturated rings. The molecule has 2 heteroatoms. The highest BCUT2D eigenvalue weighted by molar-refractivity contribution is 4.66. The van der Waals surface area contributed by atoms with Crippen LogP contribution in [0.25, 0.3) is 0 Å². The molecule has 0 bridgehead atoms. The molecule has 0 atom stereocenters. The standard InChI is InChI=1S/C15H31NO/c1-14(2)13-17-12-6-10-16-11-9-15-7-4-3-5-8-15/h14-16H,3-13H2,1-2H3. The van der Waals surface area contributed by atoms with Crippen molar-refractivity contribution in [3.8, 4) is 0 Å². The van der Waals surface area contributed by atoms with Gasteiger partial charge in [0.2, 0.25) is 0 Å². The molecule has 1 saturated carbocycles. The van der Waals surface area contributed by atoms with Crippen molar-refractivity contribution >= 4 is 0 Å². The van der Waals surface area contributed by atoms with Crippen LogP contribution in [0.1, 0.15) is 58.8 Å². The summed E-state index contributed by atoms with van der Waals surface area (Å²) >= 11 is 0. The summed E-state index contributed by atoms with van der Waals surface area (Å²) in [5.41, 5.74) is 0. The van der Waals surface area contributed by atoms with Gasteiger partial charge in [-0.2, -0.15) is 0 Å². The van der Waals surface area contributed by atoms with Crippen molar-refractivity contribution in [2.45, 2.75) is 58.8 Å². The van der Waals surface area contributed by atoms with Crippen LogP contribution in [0.2, 0.25) is 0 Å². The summed E-state index contributed by atoms with van der Waals surface area (Å²) in [6, 6.07) is 0. The summed E-state index contributed by atoms with van der Waals surface area (Å²) < 4.78 is 5.55. The van der Waals surface area contributed by atoms with Crippen LogP contribution in [0.15, 0.2) is 0 Å². The molecule has 0 aromatic carbocycles. The van der Waals surface area contributed by atoms with Gasteiger partial charge in [0, 0.05) is 13.2 Å². The molecule has 0 unspecified atom stereocenters. The Bertz CT molecular complexity index is 164. The molecule has 0 spiro atoms. The molecule has 0 heterocycles. The van der Waals surface area contributed by atoms with Crippen LogP contribution in [-0.4, -0.2) is 26.3 Å². The van der Waals surface area contributed by atoms with E-state index in [0.717, 1.165) is 32.1 Å². The average Bonchev–Trinajstić information content (AvgIpc) is 2.33. The molecule has 1 aliphatic carbocycles. The van der Waals surface area contributed by atoms with Gasteiger partial charge in [0.05, 0.1) is 0 Å². The van der Waals surface area contributed by atoms with Crippen LogP contribution in [0.5, 0.6) is 0 Å². The summed E-state index contributed by atoms with van der Waals surface area (Å²) in [5.74, 6) is 1.67. The predicted molar refractivity (Wildman–Crippen MR) is 74.3 cm³/mol. The monoisotopic (exact) mass is 241 g/mol. The van der Waals surface area contributed by atoms with Gasteiger partial charge in [-0.3, -0.25) is 0 Å². The molecule has 0 aliphatic heterocycles. The quantitative estimate of drug-likeness (QED) is 0.623. The lowest BCUT2D eigenvalue weighted by Crippen LogP contribution is -2.21. The Labute approximate surface area is 108 Å². The van der Waals surface area contributed by atoms with Gasteiger partial charge in [-0.25, -0.2) is 0 Å². The lowest BCUT2D eigenvalue weighted by molar-refractivity contribution is 0.108. The van der Waals surface area contributed by atoms with Gasteiger partial charge in [-0.15, -0.1) is 0 Å². The highest BCUT2D eigenvalue weighted by Crippen LogP contribution is 2.25. The summed E-state index contributed by atoms with van der Waals surface area (Å²) in [4.78, 5) is 0. The molecule has 17 heavy (non-hydrogen) atoms. The van der Waals surface area contributed by atoms with E-state index in [4.69, 9.17) is 4.74 Å². The minimum atomic E-state index is 0.661. The Morgan fingerprint density at radius 1 is 1.12 bits per heavy atom. The van der Waals surface area contributed by atoms with Crippen LogP contribution in [0.4, 0.5) is 0 Å². The summed E-state index contributed by atoms with van der Waals surface area (Å²) in [5, 5.41) is 3.54. The highest BCUT2D eigenvalue weighted by Gasteiger charge is 2.12. The van der Waals surface area contributed by atoms with E-state index in [1.165, 1.54) is 45.1 Å². The normalized spacial score (nSPS) is 17.8. The molecule has 1 aliphatic rings. The van der Waals surface area contributed by atoms with E-state index in [1.807, 2.05) is 0 Å². The number of hydrogen-bond donors (Lipinski definition) is 1. The second-order valence-corrected chi connectivity index (χ2v) is 5.87. The van der Waals surface area contributed by atoms with Gasteiger partial charge in [0.25, 0.3) is 0 Å². The molecular formula is C15H31NO. The zero-order valence-electron chi connectivity index (χ0n) is 11.8. The SMILES string of the molecule is CC(C)COCCCNCCC1CCCCC1. The van der Waals surface area contributed by atoms with Crippen molar-refractivity contribution in [1.29, 1.82) is 0 Å². The summed E-state index contributed by atoms with van der Waals surface area (Å²) in [7, 11) is 0. The fourth-order valence-electron chi connectivity index (χ4n) is 2.53. The molecule has 0 saturated heterocycles. The van der Waals surface area contributed by atoms with Crippen molar-refractivity contribution in [2.75, 3.05) is 26.3 Å². The lowest BCUT2D eigenvalue weighted by Gasteiger charge is -2.21. The van der Waals surface area contributed by atoms with Crippen LogP contribution in [0, 0.1) is 11.8 Å². The molecule has 0 radical (unpaired) electrons. The zero-order chi connectivity index (χ0) is 12.3. The minimum Gasteiger partial charge on any atom is -0.381 e. The van der Waals surface area contributed by atoms with E-state index in [2.05, 4.69) is 19.2 Å². The van der Waals surface area contributed by atoms with Gasteiger partial charge >= 0.3 is 0 Å². The van der Waals surface area contributed by atoms with Gasteiger partial charge in [0.15, 0.2) is 0 Å². The topological polar surface area (TPSA) is 21.3 Å². The van der Waals surface area contributed by atoms with E-state index < -0.39 is 0 Å². The predicted octanol–water partition coefficient (Wildman–Crippen LogP) is 3.61. The first-order valence-electron chi connectivity index (χ1n) is 7.57. The number of rotatable bonds is 9. The highest BCUT2D eigenvalue weighted by atomic mass is 16.5. The maximum atomic E-state index is 5.55. The van der Waals surface area contributed by atoms with E-state index in [-0.39, 0.29) is 0 Å². The van der Waals surface area contributed by atoms with Crippen molar-refractivity contribution in [3.63, 3.8) is 0 Å². The summed E-state index contributed by atoms with van der Waals surface area (Å²) in [6.45, 7) is 8.53. The first kappa shape index (κ1) is 15.0. The number of hydrogen-bond acceptors (Lipinski definition) is 2. The van der Waals surface area contributed by atoms with Crippen LogP contribution < -0.4 is 5.32 Å². The minimum absolute atomic E-state index is 0.661. The third-order valence-corrected chi connectivity index (χ3v) is 3.55. The largest absolute Gasteiger partial charge is 0.381 e. The van der Waals surface area contributed by atoms with E-state index in [1.54, 1.807) is 0 Å². The van der Waals surface area contributed by atoms with Crippen molar-refractivity contribution < 1.29 is 4.74 Å². The maximum Gasteiger partial charge on any atom is 0.0489 e. The summed E-state index contributed by atoms with van der Waals surface area (Å²) in [6.07, 6.45) is 9.88. The first-order chi connectivity index (χ1) is 8.29. The third-order valence-electron chi connectivity index (χ3n) is 3.55. The second-order valence-electron chi connectivity index (χ2n) is 5.87. The molecule has 102 valence electrons. The Morgan fingerprint density at radius 2 is 1.88 bits per heavy atom.